The summed E-state index contributed by atoms with van der Waals surface area (Å²) in [7, 11) is 1.71. The second-order valence-corrected chi connectivity index (χ2v) is 1.93. The van der Waals surface area contributed by atoms with Crippen molar-refractivity contribution in [3.8, 4) is 0 Å². The lowest BCUT2D eigenvalue weighted by atomic mass is 10.5. The molecule has 0 unspecified atom stereocenters. The lowest BCUT2D eigenvalue weighted by molar-refractivity contribution is 0.129. The Kier molecular flexibility index (Phi) is 1.72. The minimum absolute atomic E-state index is 0.250. The molecule has 0 aliphatic carbocycles. The Morgan fingerprint density at radius 3 is 3.22 bits per heavy atom. The SMILES string of the molecule is CN1CC=CCOC1=O. The third-order valence-corrected chi connectivity index (χ3v) is 1.16. The number of ether oxygens (including phenoxy) is 1. The number of rotatable bonds is 0. The van der Waals surface area contributed by atoms with Gasteiger partial charge in [-0.3, -0.25) is 0 Å². The van der Waals surface area contributed by atoms with Crippen LogP contribution in [-0.2, 0) is 4.74 Å². The molecule has 0 bridgehead atoms. The monoisotopic (exact) mass is 127 g/mol. The van der Waals surface area contributed by atoms with Gasteiger partial charge in [-0.05, 0) is 6.08 Å². The zero-order valence-corrected chi connectivity index (χ0v) is 5.33. The molecular weight excluding hydrogens is 118 g/mol. The van der Waals surface area contributed by atoms with Crippen LogP contribution in [0.25, 0.3) is 0 Å². The number of hydrogen-bond donors (Lipinski definition) is 0. The van der Waals surface area contributed by atoms with E-state index in [4.69, 9.17) is 4.74 Å². The first-order chi connectivity index (χ1) is 4.30. The van der Waals surface area contributed by atoms with Crippen molar-refractivity contribution in [2.45, 2.75) is 0 Å². The largest absolute Gasteiger partial charge is 0.445 e. The normalized spacial score (nSPS) is 19.2. The van der Waals surface area contributed by atoms with Crippen molar-refractivity contribution >= 4 is 6.09 Å². The van der Waals surface area contributed by atoms with Gasteiger partial charge in [-0.1, -0.05) is 6.08 Å². The highest BCUT2D eigenvalue weighted by Crippen LogP contribution is 1.94. The Bertz CT molecular complexity index is 142. The molecule has 50 valence electrons. The van der Waals surface area contributed by atoms with E-state index in [1.807, 2.05) is 12.2 Å². The summed E-state index contributed by atoms with van der Waals surface area (Å²) in [5.74, 6) is 0. The first-order valence-electron chi connectivity index (χ1n) is 2.83. The predicted molar refractivity (Wildman–Crippen MR) is 33.1 cm³/mol. The molecule has 1 aliphatic rings. The first kappa shape index (κ1) is 6.13. The third kappa shape index (κ3) is 1.45. The van der Waals surface area contributed by atoms with Crippen LogP contribution in [0.15, 0.2) is 12.2 Å². The quantitative estimate of drug-likeness (QED) is 0.446. The van der Waals surface area contributed by atoms with Crippen molar-refractivity contribution in [3.05, 3.63) is 12.2 Å². The van der Waals surface area contributed by atoms with Gasteiger partial charge >= 0.3 is 6.09 Å². The number of nitrogens with zero attached hydrogens (tertiary/aromatic N) is 1. The Hall–Kier alpha value is -0.990. The van der Waals surface area contributed by atoms with Crippen LogP contribution in [0.1, 0.15) is 0 Å². The summed E-state index contributed by atoms with van der Waals surface area (Å²) in [6.07, 6.45) is 3.49. The van der Waals surface area contributed by atoms with E-state index in [9.17, 15) is 4.79 Å². The van der Waals surface area contributed by atoms with Gasteiger partial charge in [-0.25, -0.2) is 4.79 Å². The minimum Gasteiger partial charge on any atom is -0.445 e. The molecule has 1 rings (SSSR count). The summed E-state index contributed by atoms with van der Waals surface area (Å²) in [6, 6.07) is 0. The molecule has 0 saturated carbocycles. The zero-order valence-electron chi connectivity index (χ0n) is 5.33. The van der Waals surface area contributed by atoms with E-state index in [0.717, 1.165) is 0 Å². The van der Waals surface area contributed by atoms with Crippen molar-refractivity contribution in [1.82, 2.24) is 4.90 Å². The molecule has 1 amide bonds. The second kappa shape index (κ2) is 2.53. The summed E-state index contributed by atoms with van der Waals surface area (Å²) in [5, 5.41) is 0. The van der Waals surface area contributed by atoms with Crippen LogP contribution < -0.4 is 0 Å². The molecule has 9 heavy (non-hydrogen) atoms. The molecule has 0 N–H and O–H groups in total. The highest BCUT2D eigenvalue weighted by molar-refractivity contribution is 5.67. The first-order valence-corrected chi connectivity index (χ1v) is 2.83. The lowest BCUT2D eigenvalue weighted by Crippen LogP contribution is -2.25. The maximum Gasteiger partial charge on any atom is 0.410 e. The fourth-order valence-electron chi connectivity index (χ4n) is 0.605. The smallest absolute Gasteiger partial charge is 0.410 e. The summed E-state index contributed by atoms with van der Waals surface area (Å²) < 4.78 is 4.72. The topological polar surface area (TPSA) is 29.5 Å². The third-order valence-electron chi connectivity index (χ3n) is 1.16. The van der Waals surface area contributed by atoms with Gasteiger partial charge in [0.1, 0.15) is 6.61 Å². The molecule has 0 fully saturated rings. The van der Waals surface area contributed by atoms with Gasteiger partial charge in [0.05, 0.1) is 0 Å². The van der Waals surface area contributed by atoms with Crippen molar-refractivity contribution in [2.75, 3.05) is 20.2 Å². The maximum absolute atomic E-state index is 10.7. The fraction of sp³-hybridized carbons (Fsp3) is 0.500. The predicted octanol–water partition coefficient (Wildman–Crippen LogP) is 0.625. The fourth-order valence-corrected chi connectivity index (χ4v) is 0.605. The Balaban J connectivity index is 2.52. The van der Waals surface area contributed by atoms with Gasteiger partial charge in [0.2, 0.25) is 0 Å². The highest BCUT2D eigenvalue weighted by atomic mass is 16.6. The summed E-state index contributed by atoms with van der Waals surface area (Å²) in [6.45, 7) is 1.06. The number of likely N-dealkylation sites (N-methyl/N-ethyl adjacent to an activating group) is 1. The standard InChI is InChI=1S/C6H9NO2/c1-7-4-2-3-5-9-6(7)8/h2-3H,4-5H2,1H3. The molecule has 3 nitrogen and oxygen atoms in total. The van der Waals surface area contributed by atoms with Crippen molar-refractivity contribution in [1.29, 1.82) is 0 Å². The van der Waals surface area contributed by atoms with E-state index >= 15 is 0 Å². The van der Waals surface area contributed by atoms with E-state index in [1.165, 1.54) is 4.90 Å². The van der Waals surface area contributed by atoms with Crippen LogP contribution in [0.2, 0.25) is 0 Å². The molecule has 0 aromatic heterocycles. The molecule has 3 heteroatoms. The van der Waals surface area contributed by atoms with Crippen LogP contribution >= 0.6 is 0 Å². The van der Waals surface area contributed by atoms with E-state index in [1.54, 1.807) is 7.05 Å². The summed E-state index contributed by atoms with van der Waals surface area (Å²) in [5.41, 5.74) is 0. The molecule has 0 aromatic rings. The van der Waals surface area contributed by atoms with E-state index in [0.29, 0.717) is 13.2 Å². The van der Waals surface area contributed by atoms with Gasteiger partial charge in [0.25, 0.3) is 0 Å². The minimum atomic E-state index is -0.250. The van der Waals surface area contributed by atoms with E-state index in [-0.39, 0.29) is 6.09 Å². The molecule has 1 aliphatic heterocycles. The van der Waals surface area contributed by atoms with Crippen molar-refractivity contribution in [2.24, 2.45) is 0 Å². The van der Waals surface area contributed by atoms with Crippen LogP contribution in [-0.4, -0.2) is 31.2 Å². The van der Waals surface area contributed by atoms with Crippen LogP contribution in [0.4, 0.5) is 4.79 Å². The maximum atomic E-state index is 10.7. The Labute approximate surface area is 53.9 Å². The van der Waals surface area contributed by atoms with Crippen LogP contribution in [0.5, 0.6) is 0 Å². The summed E-state index contributed by atoms with van der Waals surface area (Å²) in [4.78, 5) is 12.2. The molecular formula is C6H9NO2. The van der Waals surface area contributed by atoms with E-state index in [2.05, 4.69) is 0 Å². The summed E-state index contributed by atoms with van der Waals surface area (Å²) >= 11 is 0. The van der Waals surface area contributed by atoms with Crippen LogP contribution in [0, 0.1) is 0 Å². The van der Waals surface area contributed by atoms with Gasteiger partial charge in [0.15, 0.2) is 0 Å². The van der Waals surface area contributed by atoms with Crippen molar-refractivity contribution in [3.63, 3.8) is 0 Å². The molecule has 0 atom stereocenters. The number of hydrogen-bond acceptors (Lipinski definition) is 2. The number of carbonyl (C=O) groups excluding carboxylic acids is 1. The van der Waals surface area contributed by atoms with Crippen LogP contribution in [0.3, 0.4) is 0 Å². The molecule has 1 heterocycles. The Morgan fingerprint density at radius 1 is 1.67 bits per heavy atom. The van der Waals surface area contributed by atoms with Gasteiger partial charge in [-0.15, -0.1) is 0 Å². The van der Waals surface area contributed by atoms with Crippen molar-refractivity contribution < 1.29 is 9.53 Å². The zero-order chi connectivity index (χ0) is 6.69. The number of cyclic esters (lactones) is 1. The van der Waals surface area contributed by atoms with Gasteiger partial charge in [-0.2, -0.15) is 0 Å². The van der Waals surface area contributed by atoms with E-state index < -0.39 is 0 Å². The lowest BCUT2D eigenvalue weighted by Gasteiger charge is -2.10. The van der Waals surface area contributed by atoms with Gasteiger partial charge < -0.3 is 9.64 Å². The Morgan fingerprint density at radius 2 is 2.44 bits per heavy atom. The molecule has 0 saturated heterocycles. The average molecular weight is 127 g/mol. The second-order valence-electron chi connectivity index (χ2n) is 1.93. The average Bonchev–Trinajstić information content (AvgIpc) is 1.99. The van der Waals surface area contributed by atoms with Gasteiger partial charge in [0, 0.05) is 13.6 Å². The highest BCUT2D eigenvalue weighted by Gasteiger charge is 2.08. The number of carbonyl (C=O) groups is 1. The number of amides is 1. The molecule has 0 radical (unpaired) electrons. The molecule has 0 aromatic carbocycles. The molecule has 0 spiro atoms.